The van der Waals surface area contributed by atoms with Gasteiger partial charge in [-0.2, -0.15) is 0 Å². The van der Waals surface area contributed by atoms with Crippen LogP contribution in [0.15, 0.2) is 34.8 Å². The first-order valence-electron chi connectivity index (χ1n) is 6.60. The van der Waals surface area contributed by atoms with Crippen LogP contribution in [0.2, 0.25) is 0 Å². The number of rotatable bonds is 4. The third-order valence-corrected chi connectivity index (χ3v) is 4.57. The molecule has 0 aliphatic heterocycles. The van der Waals surface area contributed by atoms with Crippen molar-refractivity contribution in [3.8, 4) is 0 Å². The van der Waals surface area contributed by atoms with Crippen molar-refractivity contribution < 1.29 is 0 Å². The topological polar surface area (TPSA) is 17.0 Å². The summed E-state index contributed by atoms with van der Waals surface area (Å²) in [5, 5.41) is 3.59. The molecule has 0 saturated heterocycles. The quantitative estimate of drug-likeness (QED) is 0.890. The Labute approximate surface area is 124 Å². The van der Waals surface area contributed by atoms with Gasteiger partial charge in [0.05, 0.1) is 0 Å². The van der Waals surface area contributed by atoms with Crippen LogP contribution in [0.4, 0.5) is 0 Å². The summed E-state index contributed by atoms with van der Waals surface area (Å²) in [6.07, 6.45) is 0. The lowest BCUT2D eigenvalue weighted by atomic mass is 10.1. The zero-order valence-electron chi connectivity index (χ0n) is 12.0. The lowest BCUT2D eigenvalue weighted by Gasteiger charge is -2.16. The van der Waals surface area contributed by atoms with E-state index >= 15 is 0 Å². The minimum Gasteiger partial charge on any atom is -0.352 e. The van der Waals surface area contributed by atoms with E-state index in [2.05, 4.69) is 77.9 Å². The van der Waals surface area contributed by atoms with Gasteiger partial charge in [0, 0.05) is 35.5 Å². The SMILES string of the molecule is Cc1cc(CN[C@@H](C)c2ccccc2Br)c(C)n1C. The number of benzene rings is 1. The molecule has 2 rings (SSSR count). The Balaban J connectivity index is 2.06. The lowest BCUT2D eigenvalue weighted by Crippen LogP contribution is -2.18. The number of hydrogen-bond acceptors (Lipinski definition) is 1. The van der Waals surface area contributed by atoms with Gasteiger partial charge in [-0.25, -0.2) is 0 Å². The van der Waals surface area contributed by atoms with Gasteiger partial charge in [-0.05, 0) is 44.0 Å². The molecule has 0 amide bonds. The molecular formula is C16H21BrN2. The molecule has 1 aromatic heterocycles. The van der Waals surface area contributed by atoms with E-state index in [0.717, 1.165) is 11.0 Å². The van der Waals surface area contributed by atoms with E-state index < -0.39 is 0 Å². The zero-order chi connectivity index (χ0) is 14.0. The molecule has 0 aliphatic rings. The molecule has 3 heteroatoms. The number of nitrogens with one attached hydrogen (secondary N) is 1. The van der Waals surface area contributed by atoms with Crippen molar-refractivity contribution in [2.24, 2.45) is 7.05 Å². The highest BCUT2D eigenvalue weighted by atomic mass is 79.9. The van der Waals surface area contributed by atoms with Crippen molar-refractivity contribution in [1.82, 2.24) is 9.88 Å². The third-order valence-electron chi connectivity index (χ3n) is 3.85. The van der Waals surface area contributed by atoms with Crippen molar-refractivity contribution in [2.45, 2.75) is 33.4 Å². The maximum Gasteiger partial charge on any atom is 0.0306 e. The van der Waals surface area contributed by atoms with Crippen LogP contribution < -0.4 is 5.32 Å². The molecular weight excluding hydrogens is 300 g/mol. The minimum atomic E-state index is 0.329. The summed E-state index contributed by atoms with van der Waals surface area (Å²) in [4.78, 5) is 0. The first-order chi connectivity index (χ1) is 9.00. The molecule has 0 aliphatic carbocycles. The second kappa shape index (κ2) is 5.93. The fourth-order valence-electron chi connectivity index (χ4n) is 2.31. The van der Waals surface area contributed by atoms with Gasteiger partial charge in [0.15, 0.2) is 0 Å². The Morgan fingerprint density at radius 2 is 1.95 bits per heavy atom. The van der Waals surface area contributed by atoms with Gasteiger partial charge < -0.3 is 9.88 Å². The molecule has 1 N–H and O–H groups in total. The summed E-state index contributed by atoms with van der Waals surface area (Å²) in [5.41, 5.74) is 5.32. The average Bonchev–Trinajstić information content (AvgIpc) is 2.64. The van der Waals surface area contributed by atoms with Crippen molar-refractivity contribution in [3.05, 3.63) is 57.3 Å². The summed E-state index contributed by atoms with van der Waals surface area (Å²) in [6, 6.07) is 11.0. The zero-order valence-corrected chi connectivity index (χ0v) is 13.6. The Kier molecular flexibility index (Phi) is 4.48. The highest BCUT2D eigenvalue weighted by Crippen LogP contribution is 2.23. The van der Waals surface area contributed by atoms with Crippen molar-refractivity contribution in [2.75, 3.05) is 0 Å². The van der Waals surface area contributed by atoms with E-state index in [9.17, 15) is 0 Å². The lowest BCUT2D eigenvalue weighted by molar-refractivity contribution is 0.571. The summed E-state index contributed by atoms with van der Waals surface area (Å²) < 4.78 is 3.40. The first kappa shape index (κ1) is 14.4. The first-order valence-corrected chi connectivity index (χ1v) is 7.39. The van der Waals surface area contributed by atoms with Crippen LogP contribution in [0, 0.1) is 13.8 Å². The summed E-state index contributed by atoms with van der Waals surface area (Å²) in [5.74, 6) is 0. The number of nitrogens with zero attached hydrogens (tertiary/aromatic N) is 1. The highest BCUT2D eigenvalue weighted by molar-refractivity contribution is 9.10. The van der Waals surface area contributed by atoms with Crippen LogP contribution in [0.3, 0.4) is 0 Å². The Morgan fingerprint density at radius 3 is 2.53 bits per heavy atom. The second-order valence-corrected chi connectivity index (χ2v) is 5.93. The maximum absolute atomic E-state index is 3.61. The predicted octanol–water partition coefficient (Wildman–Crippen LogP) is 4.26. The van der Waals surface area contributed by atoms with E-state index in [1.807, 2.05) is 6.07 Å². The minimum absolute atomic E-state index is 0.329. The molecule has 2 aromatic rings. The Hall–Kier alpha value is -1.06. The summed E-state index contributed by atoms with van der Waals surface area (Å²) >= 11 is 3.61. The van der Waals surface area contributed by atoms with Crippen LogP contribution in [-0.4, -0.2) is 4.57 Å². The van der Waals surface area contributed by atoms with Crippen molar-refractivity contribution in [1.29, 1.82) is 0 Å². The van der Waals surface area contributed by atoms with Gasteiger partial charge in [0.25, 0.3) is 0 Å². The van der Waals surface area contributed by atoms with Gasteiger partial charge in [-0.1, -0.05) is 34.1 Å². The largest absolute Gasteiger partial charge is 0.352 e. The summed E-state index contributed by atoms with van der Waals surface area (Å²) in [6.45, 7) is 7.42. The molecule has 1 heterocycles. The van der Waals surface area contributed by atoms with Crippen LogP contribution in [0.5, 0.6) is 0 Å². The Morgan fingerprint density at radius 1 is 1.26 bits per heavy atom. The van der Waals surface area contributed by atoms with Crippen LogP contribution in [-0.2, 0) is 13.6 Å². The number of hydrogen-bond donors (Lipinski definition) is 1. The van der Waals surface area contributed by atoms with Gasteiger partial charge in [0.2, 0.25) is 0 Å². The molecule has 1 atom stereocenters. The van der Waals surface area contributed by atoms with Gasteiger partial charge in [-0.3, -0.25) is 0 Å². The molecule has 19 heavy (non-hydrogen) atoms. The smallest absolute Gasteiger partial charge is 0.0306 e. The van der Waals surface area contributed by atoms with Gasteiger partial charge in [0.1, 0.15) is 0 Å². The van der Waals surface area contributed by atoms with E-state index in [-0.39, 0.29) is 0 Å². The number of aryl methyl sites for hydroxylation is 1. The molecule has 0 saturated carbocycles. The van der Waals surface area contributed by atoms with E-state index in [1.165, 1.54) is 22.5 Å². The molecule has 0 fully saturated rings. The number of halogens is 1. The van der Waals surface area contributed by atoms with E-state index in [0.29, 0.717) is 6.04 Å². The molecule has 0 bridgehead atoms. The van der Waals surface area contributed by atoms with Gasteiger partial charge in [-0.15, -0.1) is 0 Å². The molecule has 2 nitrogen and oxygen atoms in total. The normalized spacial score (nSPS) is 12.7. The molecule has 0 spiro atoms. The van der Waals surface area contributed by atoms with Crippen LogP contribution in [0.1, 0.15) is 35.5 Å². The molecule has 0 unspecified atom stereocenters. The standard InChI is InChI=1S/C16H21BrN2/c1-11-9-14(13(3)19(11)4)10-18-12(2)15-7-5-6-8-16(15)17/h5-9,12,18H,10H2,1-4H3/t12-/m0/s1. The molecule has 0 radical (unpaired) electrons. The van der Waals surface area contributed by atoms with E-state index in [1.54, 1.807) is 0 Å². The van der Waals surface area contributed by atoms with E-state index in [4.69, 9.17) is 0 Å². The monoisotopic (exact) mass is 320 g/mol. The third kappa shape index (κ3) is 3.10. The van der Waals surface area contributed by atoms with Gasteiger partial charge >= 0.3 is 0 Å². The predicted molar refractivity (Wildman–Crippen MR) is 84.3 cm³/mol. The maximum atomic E-state index is 3.61. The summed E-state index contributed by atoms with van der Waals surface area (Å²) in [7, 11) is 2.12. The molecule has 1 aromatic carbocycles. The van der Waals surface area contributed by atoms with Crippen molar-refractivity contribution in [3.63, 3.8) is 0 Å². The van der Waals surface area contributed by atoms with Crippen molar-refractivity contribution >= 4 is 15.9 Å². The fourth-order valence-corrected chi connectivity index (χ4v) is 2.94. The fraction of sp³-hybridized carbons (Fsp3) is 0.375. The van der Waals surface area contributed by atoms with Crippen LogP contribution in [0.25, 0.3) is 0 Å². The second-order valence-electron chi connectivity index (χ2n) is 5.08. The number of aromatic nitrogens is 1. The van der Waals surface area contributed by atoms with Crippen LogP contribution >= 0.6 is 15.9 Å². The molecule has 102 valence electrons. The average molecular weight is 321 g/mol. The highest BCUT2D eigenvalue weighted by Gasteiger charge is 2.10. The Bertz CT molecular complexity index is 572.